The first-order valence-corrected chi connectivity index (χ1v) is 23.1. The minimum atomic E-state index is -0.414. The van der Waals surface area contributed by atoms with E-state index in [1.807, 2.05) is 182 Å². The first-order chi connectivity index (χ1) is 37.6. The fourth-order valence-electron chi connectivity index (χ4n) is 9.45. The number of hydrogen-bond donors (Lipinski definition) is 0. The van der Waals surface area contributed by atoms with Gasteiger partial charge in [0.25, 0.3) is 0 Å². The third kappa shape index (κ3) is 8.18. The van der Waals surface area contributed by atoms with E-state index >= 15 is 0 Å². The van der Waals surface area contributed by atoms with Gasteiger partial charge in [-0.2, -0.15) is 0 Å². The highest BCUT2D eigenvalue weighted by molar-refractivity contribution is 6.04. The van der Waals surface area contributed by atoms with E-state index in [0.29, 0.717) is 16.8 Å². The summed E-state index contributed by atoms with van der Waals surface area (Å²) in [7, 11) is 0. The zero-order valence-corrected chi connectivity index (χ0v) is 37.5. The van der Waals surface area contributed by atoms with Crippen molar-refractivity contribution in [3.05, 3.63) is 285 Å². The van der Waals surface area contributed by atoms with Gasteiger partial charge in [0.05, 0.1) is 11.0 Å². The van der Waals surface area contributed by atoms with Gasteiger partial charge in [0, 0.05) is 17.1 Å². The Morgan fingerprint density at radius 2 is 0.710 bits per heavy atom. The maximum absolute atomic E-state index is 9.90. The standard InChI is InChI=1S/C68H47N/c1-4-16-50(17-5-1)64-44-37-57(47-67(64)52-18-6-2-7-19-52)49-32-40-60(41-33-49)69(59-38-30-48(31-39-59)56-25-14-26-58(46-56)63-29-15-24-51-20-10-12-27-62(51)63)61-42-34-54(35-43-61)66-45-36-53-21-11-13-28-65(53)68(66)55-22-8-3-9-23-55/h1-47H/i32D,33D,34D,35D,40D,41D,42D,43D. The maximum atomic E-state index is 9.90. The van der Waals surface area contributed by atoms with Crippen LogP contribution < -0.4 is 4.90 Å². The highest BCUT2D eigenvalue weighted by atomic mass is 15.1. The first kappa shape index (κ1) is 33.4. The average Bonchev–Trinajstić information content (AvgIpc) is 3.48. The van der Waals surface area contributed by atoms with Gasteiger partial charge in [-0.15, -0.1) is 0 Å². The highest BCUT2D eigenvalue weighted by Crippen LogP contribution is 2.43. The molecule has 0 bridgehead atoms. The molecule has 0 saturated carbocycles. The van der Waals surface area contributed by atoms with Crippen LogP contribution in [0.3, 0.4) is 0 Å². The van der Waals surface area contributed by atoms with Gasteiger partial charge < -0.3 is 4.90 Å². The summed E-state index contributed by atoms with van der Waals surface area (Å²) in [6, 6.07) is 74.0. The maximum Gasteiger partial charge on any atom is 0.0645 e. The molecule has 0 N–H and O–H groups in total. The Labute approximate surface area is 415 Å². The van der Waals surface area contributed by atoms with Crippen LogP contribution >= 0.6 is 0 Å². The fraction of sp³-hybridized carbons (Fsp3) is 0. The van der Waals surface area contributed by atoms with Crippen molar-refractivity contribution in [3.8, 4) is 77.9 Å². The van der Waals surface area contributed by atoms with Gasteiger partial charge in [0.1, 0.15) is 0 Å². The van der Waals surface area contributed by atoms with Crippen molar-refractivity contribution in [2.45, 2.75) is 0 Å². The molecule has 0 unspecified atom stereocenters. The van der Waals surface area contributed by atoms with Crippen LogP contribution in [0.5, 0.6) is 0 Å². The Morgan fingerprint density at radius 1 is 0.232 bits per heavy atom. The van der Waals surface area contributed by atoms with Crippen molar-refractivity contribution >= 4 is 38.6 Å². The molecule has 12 aromatic rings. The summed E-state index contributed by atoms with van der Waals surface area (Å²) < 4.78 is 78.6. The second-order valence-corrected chi connectivity index (χ2v) is 17.0. The third-order valence-corrected chi connectivity index (χ3v) is 12.8. The van der Waals surface area contributed by atoms with Gasteiger partial charge in [-0.3, -0.25) is 0 Å². The van der Waals surface area contributed by atoms with Gasteiger partial charge in [-0.1, -0.05) is 236 Å². The molecule has 0 fully saturated rings. The van der Waals surface area contributed by atoms with Crippen LogP contribution in [-0.4, -0.2) is 0 Å². The topological polar surface area (TPSA) is 3.24 Å². The third-order valence-electron chi connectivity index (χ3n) is 12.8. The summed E-state index contributed by atoms with van der Waals surface area (Å²) in [5, 5.41) is 4.10. The normalized spacial score (nSPS) is 12.8. The lowest BCUT2D eigenvalue weighted by atomic mass is 9.90. The predicted octanol–water partition coefficient (Wildman–Crippen LogP) is 19.1. The van der Waals surface area contributed by atoms with E-state index in [9.17, 15) is 11.0 Å². The molecule has 12 aromatic carbocycles. The number of benzene rings is 12. The summed E-state index contributed by atoms with van der Waals surface area (Å²) in [5.74, 6) is 0. The van der Waals surface area contributed by atoms with E-state index in [1.165, 1.54) is 4.90 Å². The van der Waals surface area contributed by atoms with Crippen LogP contribution in [-0.2, 0) is 0 Å². The van der Waals surface area contributed by atoms with Crippen molar-refractivity contribution < 1.29 is 11.0 Å². The van der Waals surface area contributed by atoms with Crippen LogP contribution in [0, 0.1) is 0 Å². The Bertz CT molecular complexity index is 4180. The molecule has 69 heavy (non-hydrogen) atoms. The molecule has 0 aliphatic rings. The van der Waals surface area contributed by atoms with Crippen LogP contribution in [0.25, 0.3) is 99.4 Å². The zero-order chi connectivity index (χ0) is 52.9. The van der Waals surface area contributed by atoms with E-state index in [1.54, 1.807) is 12.1 Å². The molecule has 0 spiro atoms. The fourth-order valence-corrected chi connectivity index (χ4v) is 9.45. The number of nitrogens with zero attached hydrogens (tertiary/aromatic N) is 1. The molecule has 0 heterocycles. The van der Waals surface area contributed by atoms with Crippen LogP contribution in [0.15, 0.2) is 285 Å². The lowest BCUT2D eigenvalue weighted by molar-refractivity contribution is 1.28. The van der Waals surface area contributed by atoms with E-state index in [2.05, 4.69) is 42.5 Å². The Morgan fingerprint density at radius 3 is 1.39 bits per heavy atom. The Kier molecular flexibility index (Phi) is 8.88. The molecule has 0 atom stereocenters. The van der Waals surface area contributed by atoms with Crippen LogP contribution in [0.1, 0.15) is 11.0 Å². The molecule has 1 nitrogen and oxygen atoms in total. The molecule has 0 radical (unpaired) electrons. The molecule has 324 valence electrons. The monoisotopic (exact) mass is 885 g/mol. The summed E-state index contributed by atoms with van der Waals surface area (Å²) in [6.45, 7) is 0. The van der Waals surface area contributed by atoms with Gasteiger partial charge in [-0.05, 0) is 148 Å². The minimum absolute atomic E-state index is 0.0848. The zero-order valence-electron chi connectivity index (χ0n) is 45.5. The van der Waals surface area contributed by atoms with E-state index < -0.39 is 24.2 Å². The van der Waals surface area contributed by atoms with E-state index in [4.69, 9.17) is 0 Å². The summed E-state index contributed by atoms with van der Waals surface area (Å²) in [4.78, 5) is 1.37. The van der Waals surface area contributed by atoms with Gasteiger partial charge in [0.15, 0.2) is 0 Å². The minimum Gasteiger partial charge on any atom is -0.311 e. The van der Waals surface area contributed by atoms with Crippen LogP contribution in [0.2, 0.25) is 0 Å². The van der Waals surface area contributed by atoms with Crippen molar-refractivity contribution in [3.63, 3.8) is 0 Å². The summed E-state index contributed by atoms with van der Waals surface area (Å²) >= 11 is 0. The lowest BCUT2D eigenvalue weighted by Crippen LogP contribution is -2.09. The van der Waals surface area contributed by atoms with Crippen molar-refractivity contribution in [2.24, 2.45) is 0 Å². The molecule has 0 amide bonds. The Hall–Kier alpha value is -9.04. The van der Waals surface area contributed by atoms with Crippen molar-refractivity contribution in [1.29, 1.82) is 0 Å². The van der Waals surface area contributed by atoms with Gasteiger partial charge in [-0.25, -0.2) is 0 Å². The molecular weight excluding hydrogens is 831 g/mol. The number of fused-ring (bicyclic) bond motifs is 2. The summed E-state index contributed by atoms with van der Waals surface area (Å²) in [6.07, 6.45) is 0. The highest BCUT2D eigenvalue weighted by Gasteiger charge is 2.17. The van der Waals surface area contributed by atoms with Crippen molar-refractivity contribution in [2.75, 3.05) is 4.90 Å². The summed E-state index contributed by atoms with van der Waals surface area (Å²) in [5.41, 5.74) is 10.2. The molecule has 0 aliphatic carbocycles. The van der Waals surface area contributed by atoms with Gasteiger partial charge in [0.2, 0.25) is 0 Å². The quantitative estimate of drug-likeness (QED) is 0.132. The number of rotatable bonds is 10. The van der Waals surface area contributed by atoms with Crippen molar-refractivity contribution in [1.82, 2.24) is 0 Å². The smallest absolute Gasteiger partial charge is 0.0645 e. The number of anilines is 3. The predicted molar refractivity (Wildman–Crippen MR) is 294 cm³/mol. The largest absolute Gasteiger partial charge is 0.311 e. The van der Waals surface area contributed by atoms with Gasteiger partial charge >= 0.3 is 0 Å². The molecule has 0 aliphatic heterocycles. The molecular formula is C68H47N. The number of hydrogen-bond acceptors (Lipinski definition) is 1. The Balaban J connectivity index is 1.05. The van der Waals surface area contributed by atoms with E-state index in [-0.39, 0.29) is 46.7 Å². The second kappa shape index (κ2) is 18.3. The average molecular weight is 886 g/mol. The van der Waals surface area contributed by atoms with Crippen LogP contribution in [0.4, 0.5) is 17.1 Å². The molecule has 0 aromatic heterocycles. The molecule has 1 heteroatoms. The first-order valence-electron chi connectivity index (χ1n) is 27.1. The molecule has 12 rings (SSSR count). The lowest BCUT2D eigenvalue weighted by Gasteiger charge is -2.26. The van der Waals surface area contributed by atoms with E-state index in [0.717, 1.165) is 77.2 Å². The second-order valence-electron chi connectivity index (χ2n) is 17.0. The molecule has 0 saturated heterocycles. The SMILES string of the molecule is [2H]c1c([2H])c(N(c2ccc(-c3cccc(-c4cccc5ccccc45)c3)cc2)c2c([2H])c([2H])c(-c3ccc4ccccc4c3-c3ccccc3)c([2H])c2[2H])c([2H])c([2H])c1-c1ccc(-c2ccccc2)c(-c2ccccc2)c1.